The van der Waals surface area contributed by atoms with E-state index in [4.69, 9.17) is 4.74 Å². The standard InChI is InChI=1S/C19H21BrN2O3/c1-4-17(23)21-15-5-7-16(8-6-15)22-18(24)11-25-19-12(2)9-14(20)10-13(19)3/h5-10H,4,11H2,1-3H3,(H,21,23)(H,22,24). The van der Waals surface area contributed by atoms with Crippen LogP contribution in [0.25, 0.3) is 0 Å². The third-order valence-electron chi connectivity index (χ3n) is 3.55. The van der Waals surface area contributed by atoms with Crippen LogP contribution < -0.4 is 15.4 Å². The zero-order chi connectivity index (χ0) is 18.4. The van der Waals surface area contributed by atoms with Crippen molar-refractivity contribution in [3.8, 4) is 5.75 Å². The van der Waals surface area contributed by atoms with E-state index >= 15 is 0 Å². The van der Waals surface area contributed by atoms with Crippen molar-refractivity contribution in [1.29, 1.82) is 0 Å². The molecule has 0 aromatic heterocycles. The number of benzene rings is 2. The van der Waals surface area contributed by atoms with Crippen molar-refractivity contribution in [2.75, 3.05) is 17.2 Å². The first-order valence-corrected chi connectivity index (χ1v) is 8.77. The lowest BCUT2D eigenvalue weighted by Crippen LogP contribution is -2.20. The number of ether oxygens (including phenoxy) is 1. The lowest BCUT2D eigenvalue weighted by atomic mass is 10.1. The molecule has 132 valence electrons. The van der Waals surface area contributed by atoms with Crippen LogP contribution in [0.3, 0.4) is 0 Å². The number of hydrogen-bond acceptors (Lipinski definition) is 3. The molecule has 0 fully saturated rings. The zero-order valence-corrected chi connectivity index (χ0v) is 16.1. The second-order valence-electron chi connectivity index (χ2n) is 5.68. The van der Waals surface area contributed by atoms with E-state index in [2.05, 4.69) is 26.6 Å². The summed E-state index contributed by atoms with van der Waals surface area (Å²) < 4.78 is 6.64. The normalized spacial score (nSPS) is 10.2. The molecule has 2 N–H and O–H groups in total. The fourth-order valence-electron chi connectivity index (χ4n) is 2.35. The summed E-state index contributed by atoms with van der Waals surface area (Å²) in [5.41, 5.74) is 3.28. The average molecular weight is 405 g/mol. The van der Waals surface area contributed by atoms with Gasteiger partial charge in [0, 0.05) is 22.3 Å². The van der Waals surface area contributed by atoms with Crippen molar-refractivity contribution < 1.29 is 14.3 Å². The van der Waals surface area contributed by atoms with Gasteiger partial charge in [-0.2, -0.15) is 0 Å². The molecule has 2 amide bonds. The molecule has 0 spiro atoms. The molecule has 5 nitrogen and oxygen atoms in total. The summed E-state index contributed by atoms with van der Waals surface area (Å²) in [5, 5.41) is 5.53. The molecule has 0 saturated carbocycles. The van der Waals surface area contributed by atoms with Gasteiger partial charge in [0.1, 0.15) is 5.75 Å². The fraction of sp³-hybridized carbons (Fsp3) is 0.263. The first-order valence-electron chi connectivity index (χ1n) is 7.98. The highest BCUT2D eigenvalue weighted by atomic mass is 79.9. The van der Waals surface area contributed by atoms with Gasteiger partial charge in [-0.05, 0) is 61.4 Å². The molecule has 0 aliphatic rings. The molecule has 2 rings (SSSR count). The molecule has 25 heavy (non-hydrogen) atoms. The Labute approximate surface area is 155 Å². The van der Waals surface area contributed by atoms with Crippen molar-refractivity contribution in [1.82, 2.24) is 0 Å². The van der Waals surface area contributed by atoms with Gasteiger partial charge in [0.05, 0.1) is 0 Å². The van der Waals surface area contributed by atoms with Gasteiger partial charge in [0.15, 0.2) is 6.61 Å². The molecular weight excluding hydrogens is 384 g/mol. The molecule has 0 unspecified atom stereocenters. The molecule has 2 aromatic carbocycles. The molecule has 0 radical (unpaired) electrons. The highest BCUT2D eigenvalue weighted by Crippen LogP contribution is 2.27. The number of amides is 2. The Hall–Kier alpha value is -2.34. The van der Waals surface area contributed by atoms with E-state index in [1.54, 1.807) is 31.2 Å². The lowest BCUT2D eigenvalue weighted by molar-refractivity contribution is -0.118. The highest BCUT2D eigenvalue weighted by Gasteiger charge is 2.09. The monoisotopic (exact) mass is 404 g/mol. The highest BCUT2D eigenvalue weighted by molar-refractivity contribution is 9.10. The first kappa shape index (κ1) is 19.0. The van der Waals surface area contributed by atoms with Crippen LogP contribution >= 0.6 is 15.9 Å². The molecule has 6 heteroatoms. The summed E-state index contributed by atoms with van der Waals surface area (Å²) >= 11 is 3.44. The second-order valence-corrected chi connectivity index (χ2v) is 6.60. The quantitative estimate of drug-likeness (QED) is 0.747. The van der Waals surface area contributed by atoms with Crippen molar-refractivity contribution in [2.24, 2.45) is 0 Å². The van der Waals surface area contributed by atoms with Crippen molar-refractivity contribution in [2.45, 2.75) is 27.2 Å². The predicted molar refractivity (Wildman–Crippen MR) is 103 cm³/mol. The Balaban J connectivity index is 1.91. The maximum atomic E-state index is 12.1. The number of aryl methyl sites for hydroxylation is 2. The van der Waals surface area contributed by atoms with Crippen molar-refractivity contribution in [3.63, 3.8) is 0 Å². The Morgan fingerprint density at radius 2 is 1.44 bits per heavy atom. The number of carbonyl (C=O) groups is 2. The summed E-state index contributed by atoms with van der Waals surface area (Å²) in [6, 6.07) is 10.9. The van der Waals surface area contributed by atoms with E-state index < -0.39 is 0 Å². The van der Waals surface area contributed by atoms with Gasteiger partial charge >= 0.3 is 0 Å². The van der Waals surface area contributed by atoms with Crippen LogP contribution in [-0.4, -0.2) is 18.4 Å². The van der Waals surface area contributed by atoms with Gasteiger partial charge in [-0.3, -0.25) is 9.59 Å². The summed E-state index contributed by atoms with van der Waals surface area (Å²) in [7, 11) is 0. The Bertz CT molecular complexity index is 750. The van der Waals surface area contributed by atoms with E-state index in [-0.39, 0.29) is 18.4 Å². The lowest BCUT2D eigenvalue weighted by Gasteiger charge is -2.13. The zero-order valence-electron chi connectivity index (χ0n) is 14.5. The van der Waals surface area contributed by atoms with Gasteiger partial charge in [0.2, 0.25) is 5.91 Å². The number of hydrogen-bond donors (Lipinski definition) is 2. The van der Waals surface area contributed by atoms with Crippen LogP contribution in [0.5, 0.6) is 5.75 Å². The molecule has 0 aliphatic heterocycles. The molecule has 0 aliphatic carbocycles. The minimum Gasteiger partial charge on any atom is -0.483 e. The van der Waals surface area contributed by atoms with Crippen LogP contribution in [0.1, 0.15) is 24.5 Å². The van der Waals surface area contributed by atoms with Crippen LogP contribution in [0.4, 0.5) is 11.4 Å². The molecule has 0 atom stereocenters. The average Bonchev–Trinajstić information content (AvgIpc) is 2.55. The SMILES string of the molecule is CCC(=O)Nc1ccc(NC(=O)COc2c(C)cc(Br)cc2C)cc1. The van der Waals surface area contributed by atoms with Crippen LogP contribution in [0.2, 0.25) is 0 Å². The molecule has 0 bridgehead atoms. The Kier molecular flexibility index (Phi) is 6.58. The maximum Gasteiger partial charge on any atom is 0.262 e. The maximum absolute atomic E-state index is 12.1. The van der Waals surface area contributed by atoms with Crippen molar-refractivity contribution in [3.05, 3.63) is 52.0 Å². The number of rotatable bonds is 6. The largest absolute Gasteiger partial charge is 0.483 e. The van der Waals surface area contributed by atoms with E-state index in [0.29, 0.717) is 17.8 Å². The smallest absolute Gasteiger partial charge is 0.262 e. The van der Waals surface area contributed by atoms with Gasteiger partial charge in [-0.25, -0.2) is 0 Å². The number of halogens is 1. The third kappa shape index (κ3) is 5.60. The van der Waals surface area contributed by atoms with Gasteiger partial charge in [0.25, 0.3) is 5.91 Å². The topological polar surface area (TPSA) is 67.4 Å². The Morgan fingerprint density at radius 1 is 0.960 bits per heavy atom. The minimum atomic E-state index is -0.243. The summed E-state index contributed by atoms with van der Waals surface area (Å²) in [6.45, 7) is 5.60. The van der Waals surface area contributed by atoms with Crippen LogP contribution in [0, 0.1) is 13.8 Å². The van der Waals surface area contributed by atoms with E-state index in [0.717, 1.165) is 21.3 Å². The van der Waals surface area contributed by atoms with Crippen molar-refractivity contribution >= 4 is 39.1 Å². The van der Waals surface area contributed by atoms with E-state index in [1.807, 2.05) is 26.0 Å². The summed E-state index contributed by atoms with van der Waals surface area (Å²) in [4.78, 5) is 23.4. The number of carbonyl (C=O) groups excluding carboxylic acids is 2. The third-order valence-corrected chi connectivity index (χ3v) is 4.00. The molecular formula is C19H21BrN2O3. The Morgan fingerprint density at radius 3 is 1.92 bits per heavy atom. The molecule has 0 saturated heterocycles. The second kappa shape index (κ2) is 8.67. The predicted octanol–water partition coefficient (Wildman–Crippen LogP) is 4.43. The van der Waals surface area contributed by atoms with Gasteiger partial charge in [-0.15, -0.1) is 0 Å². The minimum absolute atomic E-state index is 0.0505. The summed E-state index contributed by atoms with van der Waals surface area (Å²) in [5.74, 6) is 0.425. The molecule has 0 heterocycles. The van der Waals surface area contributed by atoms with Gasteiger partial charge in [-0.1, -0.05) is 22.9 Å². The first-order chi connectivity index (χ1) is 11.9. The van der Waals surface area contributed by atoms with Crippen LogP contribution in [0.15, 0.2) is 40.9 Å². The molecule has 2 aromatic rings. The number of anilines is 2. The van der Waals surface area contributed by atoms with E-state index in [1.165, 1.54) is 0 Å². The van der Waals surface area contributed by atoms with Gasteiger partial charge < -0.3 is 15.4 Å². The van der Waals surface area contributed by atoms with E-state index in [9.17, 15) is 9.59 Å². The van der Waals surface area contributed by atoms with Crippen LogP contribution in [-0.2, 0) is 9.59 Å². The summed E-state index contributed by atoms with van der Waals surface area (Å²) in [6.07, 6.45) is 0.421. The number of nitrogens with one attached hydrogen (secondary N) is 2. The fourth-order valence-corrected chi connectivity index (χ4v) is 3.03.